The number of hydrogen-bond acceptors (Lipinski definition) is 3. The molecule has 3 rings (SSSR count). The van der Waals surface area contributed by atoms with Crippen molar-refractivity contribution in [2.24, 2.45) is 0 Å². The van der Waals surface area contributed by atoms with E-state index < -0.39 is 6.29 Å². The van der Waals surface area contributed by atoms with Crippen LogP contribution in [0.3, 0.4) is 0 Å². The van der Waals surface area contributed by atoms with Crippen molar-refractivity contribution in [2.75, 3.05) is 13.2 Å². The monoisotopic (exact) mass is 278 g/mol. The highest BCUT2D eigenvalue weighted by atomic mass is 19.1. The van der Waals surface area contributed by atoms with Gasteiger partial charge in [0.05, 0.1) is 11.0 Å². The molecule has 0 aliphatic heterocycles. The van der Waals surface area contributed by atoms with Crippen molar-refractivity contribution in [3.05, 3.63) is 29.8 Å². The van der Waals surface area contributed by atoms with Crippen LogP contribution in [0.5, 0.6) is 0 Å². The predicted octanol–water partition coefficient (Wildman–Crippen LogP) is 3.58. The summed E-state index contributed by atoms with van der Waals surface area (Å²) in [5.74, 6) is 0.506. The zero-order chi connectivity index (χ0) is 14.1. The lowest BCUT2D eigenvalue weighted by Crippen LogP contribution is -2.15. The van der Waals surface area contributed by atoms with Crippen molar-refractivity contribution < 1.29 is 13.9 Å². The molecule has 1 fully saturated rings. The van der Waals surface area contributed by atoms with E-state index in [2.05, 4.69) is 9.55 Å². The van der Waals surface area contributed by atoms with Gasteiger partial charge < -0.3 is 14.0 Å². The molecule has 2 aromatic rings. The molecule has 108 valence electrons. The molecule has 0 spiro atoms. The van der Waals surface area contributed by atoms with Crippen LogP contribution in [0.4, 0.5) is 4.39 Å². The molecule has 5 heteroatoms. The average Bonchev–Trinajstić information content (AvgIpc) is 3.19. The van der Waals surface area contributed by atoms with Gasteiger partial charge in [-0.3, -0.25) is 0 Å². The van der Waals surface area contributed by atoms with Gasteiger partial charge in [0.25, 0.3) is 0 Å². The second-order valence-corrected chi connectivity index (χ2v) is 4.95. The quantitative estimate of drug-likeness (QED) is 0.758. The molecule has 1 heterocycles. The fraction of sp³-hybridized carbons (Fsp3) is 0.533. The third kappa shape index (κ3) is 2.43. The van der Waals surface area contributed by atoms with Crippen LogP contribution in [-0.4, -0.2) is 22.8 Å². The standard InChI is InChI=1S/C15H19FN2O2/c1-3-19-15(20-4-2)14-17-12-8-5-10(16)9-13(12)18(14)11-6-7-11/h5,8-9,11,15H,3-4,6-7H2,1-2H3. The third-order valence-corrected chi connectivity index (χ3v) is 3.44. The van der Waals surface area contributed by atoms with E-state index in [0.29, 0.717) is 19.3 Å². The second-order valence-electron chi connectivity index (χ2n) is 4.95. The first-order valence-electron chi connectivity index (χ1n) is 7.15. The summed E-state index contributed by atoms with van der Waals surface area (Å²) in [6.45, 7) is 4.95. The number of ether oxygens (including phenoxy) is 2. The summed E-state index contributed by atoms with van der Waals surface area (Å²) < 4.78 is 26.9. The van der Waals surface area contributed by atoms with Crippen molar-refractivity contribution >= 4 is 11.0 Å². The lowest BCUT2D eigenvalue weighted by Gasteiger charge is -2.18. The molecule has 0 saturated heterocycles. The largest absolute Gasteiger partial charge is 0.346 e. The van der Waals surface area contributed by atoms with Crippen LogP contribution >= 0.6 is 0 Å². The zero-order valence-electron chi connectivity index (χ0n) is 11.8. The molecule has 0 N–H and O–H groups in total. The summed E-state index contributed by atoms with van der Waals surface area (Å²) in [5, 5.41) is 0. The number of imidazole rings is 1. The van der Waals surface area contributed by atoms with Crippen molar-refractivity contribution in [3.8, 4) is 0 Å². The van der Waals surface area contributed by atoms with E-state index in [9.17, 15) is 4.39 Å². The van der Waals surface area contributed by atoms with Gasteiger partial charge >= 0.3 is 0 Å². The molecule has 4 nitrogen and oxygen atoms in total. The zero-order valence-corrected chi connectivity index (χ0v) is 11.8. The van der Waals surface area contributed by atoms with E-state index in [0.717, 1.165) is 29.7 Å². The van der Waals surface area contributed by atoms with Crippen molar-refractivity contribution in [2.45, 2.75) is 39.0 Å². The van der Waals surface area contributed by atoms with Crippen LogP contribution in [0.25, 0.3) is 11.0 Å². The molecule has 1 aromatic heterocycles. The maximum atomic E-state index is 13.5. The highest BCUT2D eigenvalue weighted by Crippen LogP contribution is 2.40. The van der Waals surface area contributed by atoms with Gasteiger partial charge in [0.1, 0.15) is 5.82 Å². The molecule has 0 radical (unpaired) electrons. The van der Waals surface area contributed by atoms with Gasteiger partial charge in [0.15, 0.2) is 5.82 Å². The maximum absolute atomic E-state index is 13.5. The third-order valence-electron chi connectivity index (χ3n) is 3.44. The first-order chi connectivity index (χ1) is 9.74. The van der Waals surface area contributed by atoms with E-state index in [1.165, 1.54) is 6.07 Å². The Hall–Kier alpha value is -1.46. The van der Waals surface area contributed by atoms with Crippen molar-refractivity contribution in [1.29, 1.82) is 0 Å². The normalized spacial score (nSPS) is 15.4. The molecular weight excluding hydrogens is 259 g/mol. The summed E-state index contributed by atoms with van der Waals surface area (Å²) in [6, 6.07) is 5.08. The Labute approximate surface area is 117 Å². The summed E-state index contributed by atoms with van der Waals surface area (Å²) in [4.78, 5) is 4.60. The molecule has 0 amide bonds. The number of fused-ring (bicyclic) bond motifs is 1. The first kappa shape index (κ1) is 13.5. The first-order valence-corrected chi connectivity index (χ1v) is 7.15. The van der Waals surface area contributed by atoms with Gasteiger partial charge in [0, 0.05) is 19.3 Å². The van der Waals surface area contributed by atoms with Gasteiger partial charge in [0.2, 0.25) is 6.29 Å². The maximum Gasteiger partial charge on any atom is 0.217 e. The van der Waals surface area contributed by atoms with Crippen molar-refractivity contribution in [1.82, 2.24) is 9.55 Å². The van der Waals surface area contributed by atoms with Crippen LogP contribution in [0.1, 0.15) is 44.8 Å². The summed E-state index contributed by atoms with van der Waals surface area (Å²) in [5.41, 5.74) is 1.62. The minimum atomic E-state index is -0.485. The Morgan fingerprint density at radius 1 is 1.30 bits per heavy atom. The van der Waals surface area contributed by atoms with Gasteiger partial charge in [-0.1, -0.05) is 0 Å². The summed E-state index contributed by atoms with van der Waals surface area (Å²) in [6.07, 6.45) is 1.71. The number of hydrogen-bond donors (Lipinski definition) is 0. The number of benzene rings is 1. The second kappa shape index (κ2) is 5.50. The number of aromatic nitrogens is 2. The van der Waals surface area contributed by atoms with Crippen LogP contribution in [0.15, 0.2) is 18.2 Å². The molecule has 1 saturated carbocycles. The van der Waals surface area contributed by atoms with Crippen LogP contribution in [-0.2, 0) is 9.47 Å². The topological polar surface area (TPSA) is 36.3 Å². The SMILES string of the molecule is CCOC(OCC)c1nc2ccc(F)cc2n1C1CC1. The predicted molar refractivity (Wildman–Crippen MR) is 74.0 cm³/mol. The minimum Gasteiger partial charge on any atom is -0.346 e. The average molecular weight is 278 g/mol. The number of nitrogens with zero attached hydrogens (tertiary/aromatic N) is 2. The van der Waals surface area contributed by atoms with E-state index in [1.54, 1.807) is 12.1 Å². The Bertz CT molecular complexity index is 601. The van der Waals surface area contributed by atoms with Gasteiger partial charge in [-0.25, -0.2) is 9.37 Å². The molecule has 1 aromatic carbocycles. The molecular formula is C15H19FN2O2. The van der Waals surface area contributed by atoms with Crippen LogP contribution in [0.2, 0.25) is 0 Å². The van der Waals surface area contributed by atoms with Crippen LogP contribution < -0.4 is 0 Å². The minimum absolute atomic E-state index is 0.241. The lowest BCUT2D eigenvalue weighted by atomic mass is 10.3. The Morgan fingerprint density at radius 2 is 2.00 bits per heavy atom. The van der Waals surface area contributed by atoms with E-state index in [1.807, 2.05) is 13.8 Å². The van der Waals surface area contributed by atoms with Crippen molar-refractivity contribution in [3.63, 3.8) is 0 Å². The van der Waals surface area contributed by atoms with Crippen LogP contribution in [0, 0.1) is 5.82 Å². The Kier molecular flexibility index (Phi) is 3.72. The lowest BCUT2D eigenvalue weighted by molar-refractivity contribution is -0.146. The highest BCUT2D eigenvalue weighted by Gasteiger charge is 2.31. The number of rotatable bonds is 6. The van der Waals surface area contributed by atoms with E-state index in [-0.39, 0.29) is 5.82 Å². The fourth-order valence-electron chi connectivity index (χ4n) is 2.47. The molecule has 0 unspecified atom stereocenters. The van der Waals surface area contributed by atoms with E-state index in [4.69, 9.17) is 9.47 Å². The Morgan fingerprint density at radius 3 is 2.60 bits per heavy atom. The molecule has 0 bridgehead atoms. The summed E-state index contributed by atoms with van der Waals surface area (Å²) >= 11 is 0. The smallest absolute Gasteiger partial charge is 0.217 e. The molecule has 1 aliphatic carbocycles. The fourth-order valence-corrected chi connectivity index (χ4v) is 2.47. The molecule has 20 heavy (non-hydrogen) atoms. The van der Waals surface area contributed by atoms with E-state index >= 15 is 0 Å². The summed E-state index contributed by atoms with van der Waals surface area (Å²) in [7, 11) is 0. The molecule has 0 atom stereocenters. The molecule has 1 aliphatic rings. The number of halogens is 1. The van der Waals surface area contributed by atoms with Gasteiger partial charge in [-0.15, -0.1) is 0 Å². The highest BCUT2D eigenvalue weighted by molar-refractivity contribution is 5.76. The van der Waals surface area contributed by atoms with Gasteiger partial charge in [-0.2, -0.15) is 0 Å². The Balaban J connectivity index is 2.10. The van der Waals surface area contributed by atoms with Gasteiger partial charge in [-0.05, 0) is 44.9 Å².